The predicted molar refractivity (Wildman–Crippen MR) is 133 cm³/mol. The number of carbonyl (C=O) groups is 1. The minimum atomic E-state index is 0.0586. The van der Waals surface area contributed by atoms with Crippen molar-refractivity contribution in [2.45, 2.75) is 37.6 Å². The largest absolute Gasteiger partial charge is 0.371 e. The lowest BCUT2D eigenvalue weighted by Crippen LogP contribution is -2.45. The van der Waals surface area contributed by atoms with Gasteiger partial charge in [-0.15, -0.1) is 0 Å². The summed E-state index contributed by atoms with van der Waals surface area (Å²) >= 11 is 0. The zero-order valence-electron chi connectivity index (χ0n) is 19.7. The quantitative estimate of drug-likeness (QED) is 0.719. The third-order valence-electron chi connectivity index (χ3n) is 7.02. The zero-order chi connectivity index (χ0) is 22.3. The lowest BCUT2D eigenvalue weighted by Gasteiger charge is -2.36. The number of rotatable bonds is 7. The summed E-state index contributed by atoms with van der Waals surface area (Å²) in [5.74, 6) is 0.746. The third kappa shape index (κ3) is 5.90. The third-order valence-corrected chi connectivity index (χ3v) is 7.02. The highest BCUT2D eigenvalue weighted by Gasteiger charge is 2.22. The first-order valence-corrected chi connectivity index (χ1v) is 12.2. The first-order chi connectivity index (χ1) is 15.6. The molecule has 0 unspecified atom stereocenters. The van der Waals surface area contributed by atoms with E-state index in [4.69, 9.17) is 0 Å². The van der Waals surface area contributed by atoms with Crippen molar-refractivity contribution >= 4 is 11.6 Å². The highest BCUT2D eigenvalue weighted by molar-refractivity contribution is 5.94. The number of benzene rings is 2. The van der Waals surface area contributed by atoms with Crippen LogP contribution in [0.25, 0.3) is 0 Å². The molecule has 0 saturated carbocycles. The molecule has 2 fully saturated rings. The minimum Gasteiger partial charge on any atom is -0.371 e. The van der Waals surface area contributed by atoms with E-state index in [1.54, 1.807) is 19.0 Å². The van der Waals surface area contributed by atoms with Gasteiger partial charge < -0.3 is 20.0 Å². The normalized spacial score (nSPS) is 20.3. The molecule has 2 aromatic rings. The standard InChI is InChI=1S/C27H38N4O/c1-29(2)27(32)23-10-12-26(13-11-23)31-18-14-25(15-19-31)28-16-20-30-17-6-9-24(21-30)22-7-4-3-5-8-22/h3-5,7-8,10-13,24-25,28H,6,9,14-21H2,1-2H3/t24-/m0/s1. The molecule has 0 aromatic heterocycles. The number of carbonyl (C=O) groups excluding carboxylic acids is 1. The van der Waals surface area contributed by atoms with Gasteiger partial charge in [0.05, 0.1) is 0 Å². The molecule has 2 saturated heterocycles. The van der Waals surface area contributed by atoms with Gasteiger partial charge in [-0.3, -0.25) is 4.79 Å². The molecule has 0 aliphatic carbocycles. The maximum atomic E-state index is 12.1. The SMILES string of the molecule is CN(C)C(=O)c1ccc(N2CCC(NCCN3CCC[C@H](c4ccccc4)C3)CC2)cc1. The van der Waals surface area contributed by atoms with Crippen LogP contribution in [0.4, 0.5) is 5.69 Å². The second-order valence-electron chi connectivity index (χ2n) is 9.51. The summed E-state index contributed by atoms with van der Waals surface area (Å²) in [6.07, 6.45) is 4.96. The fourth-order valence-corrected chi connectivity index (χ4v) is 5.10. The van der Waals surface area contributed by atoms with Crippen molar-refractivity contribution in [1.29, 1.82) is 0 Å². The zero-order valence-corrected chi connectivity index (χ0v) is 19.7. The maximum absolute atomic E-state index is 12.1. The predicted octanol–water partition coefficient (Wildman–Crippen LogP) is 3.83. The number of nitrogens with zero attached hydrogens (tertiary/aromatic N) is 3. The Bertz CT molecular complexity index is 844. The van der Waals surface area contributed by atoms with Crippen LogP contribution in [-0.2, 0) is 0 Å². The first kappa shape index (κ1) is 22.8. The number of amides is 1. The van der Waals surface area contributed by atoms with E-state index >= 15 is 0 Å². The number of piperidine rings is 2. The van der Waals surface area contributed by atoms with Crippen molar-refractivity contribution < 1.29 is 4.79 Å². The van der Waals surface area contributed by atoms with E-state index in [0.29, 0.717) is 12.0 Å². The van der Waals surface area contributed by atoms with E-state index in [1.807, 2.05) is 12.1 Å². The summed E-state index contributed by atoms with van der Waals surface area (Å²) in [7, 11) is 3.59. The summed E-state index contributed by atoms with van der Waals surface area (Å²) in [6, 6.07) is 19.7. The highest BCUT2D eigenvalue weighted by atomic mass is 16.2. The van der Waals surface area contributed by atoms with Crippen molar-refractivity contribution in [3.63, 3.8) is 0 Å². The van der Waals surface area contributed by atoms with Gasteiger partial charge in [-0.25, -0.2) is 0 Å². The van der Waals surface area contributed by atoms with Crippen LogP contribution in [0.3, 0.4) is 0 Å². The van der Waals surface area contributed by atoms with Crippen LogP contribution < -0.4 is 10.2 Å². The Morgan fingerprint density at radius 1 is 0.969 bits per heavy atom. The van der Waals surface area contributed by atoms with Crippen LogP contribution in [0, 0.1) is 0 Å². The molecule has 2 aliphatic rings. The van der Waals surface area contributed by atoms with E-state index in [2.05, 4.69) is 57.6 Å². The molecule has 0 radical (unpaired) electrons. The molecule has 32 heavy (non-hydrogen) atoms. The average molecular weight is 435 g/mol. The fourth-order valence-electron chi connectivity index (χ4n) is 5.10. The summed E-state index contributed by atoms with van der Waals surface area (Å²) in [5, 5.41) is 3.81. The lowest BCUT2D eigenvalue weighted by atomic mass is 9.91. The summed E-state index contributed by atoms with van der Waals surface area (Å²) < 4.78 is 0. The van der Waals surface area contributed by atoms with Gasteiger partial charge in [-0.05, 0) is 68.0 Å². The van der Waals surface area contributed by atoms with Gasteiger partial charge in [0.1, 0.15) is 0 Å². The smallest absolute Gasteiger partial charge is 0.253 e. The van der Waals surface area contributed by atoms with Gasteiger partial charge in [0.25, 0.3) is 5.91 Å². The Kier molecular flexibility index (Phi) is 7.82. The van der Waals surface area contributed by atoms with Crippen molar-refractivity contribution in [2.24, 2.45) is 0 Å². The van der Waals surface area contributed by atoms with Crippen molar-refractivity contribution in [3.05, 3.63) is 65.7 Å². The lowest BCUT2D eigenvalue weighted by molar-refractivity contribution is 0.0827. The second-order valence-corrected chi connectivity index (χ2v) is 9.51. The van der Waals surface area contributed by atoms with E-state index in [0.717, 1.165) is 31.7 Å². The maximum Gasteiger partial charge on any atom is 0.253 e. The van der Waals surface area contributed by atoms with Crippen LogP contribution in [0.5, 0.6) is 0 Å². The Morgan fingerprint density at radius 2 is 1.69 bits per heavy atom. The monoisotopic (exact) mass is 434 g/mol. The van der Waals surface area contributed by atoms with Gasteiger partial charge in [-0.1, -0.05) is 30.3 Å². The van der Waals surface area contributed by atoms with Crippen LogP contribution in [-0.4, -0.2) is 75.1 Å². The van der Waals surface area contributed by atoms with E-state index in [-0.39, 0.29) is 5.91 Å². The van der Waals surface area contributed by atoms with Crippen LogP contribution in [0.1, 0.15) is 47.5 Å². The van der Waals surface area contributed by atoms with Crippen molar-refractivity contribution in [1.82, 2.24) is 15.1 Å². The van der Waals surface area contributed by atoms with Crippen LogP contribution in [0.15, 0.2) is 54.6 Å². The van der Waals surface area contributed by atoms with E-state index in [9.17, 15) is 4.79 Å². The van der Waals surface area contributed by atoms with Gasteiger partial charge in [0.2, 0.25) is 0 Å². The molecular weight excluding hydrogens is 396 g/mol. The number of hydrogen-bond donors (Lipinski definition) is 1. The molecule has 1 N–H and O–H groups in total. The Labute approximate surface area is 193 Å². The Hall–Kier alpha value is -2.37. The van der Waals surface area contributed by atoms with Crippen molar-refractivity contribution in [3.8, 4) is 0 Å². The molecule has 1 amide bonds. The first-order valence-electron chi connectivity index (χ1n) is 12.2. The minimum absolute atomic E-state index is 0.0586. The number of nitrogens with one attached hydrogen (secondary N) is 1. The highest BCUT2D eigenvalue weighted by Crippen LogP contribution is 2.26. The Morgan fingerprint density at radius 3 is 2.38 bits per heavy atom. The summed E-state index contributed by atoms with van der Waals surface area (Å²) in [6.45, 7) is 6.78. The molecule has 0 bridgehead atoms. The molecule has 5 nitrogen and oxygen atoms in total. The summed E-state index contributed by atoms with van der Waals surface area (Å²) in [4.78, 5) is 18.8. The second kappa shape index (κ2) is 11.0. The molecule has 1 atom stereocenters. The molecule has 2 heterocycles. The molecule has 2 aliphatic heterocycles. The van der Waals surface area contributed by atoms with Crippen LogP contribution in [0.2, 0.25) is 0 Å². The van der Waals surface area contributed by atoms with Gasteiger partial charge in [0, 0.05) is 64.1 Å². The molecule has 5 heteroatoms. The van der Waals surface area contributed by atoms with Crippen LogP contribution >= 0.6 is 0 Å². The average Bonchev–Trinajstić information content (AvgIpc) is 2.85. The molecule has 4 rings (SSSR count). The molecule has 2 aromatic carbocycles. The van der Waals surface area contributed by atoms with E-state index < -0.39 is 0 Å². The number of anilines is 1. The topological polar surface area (TPSA) is 38.8 Å². The van der Waals surface area contributed by atoms with Gasteiger partial charge in [-0.2, -0.15) is 0 Å². The number of likely N-dealkylation sites (tertiary alicyclic amines) is 1. The fraction of sp³-hybridized carbons (Fsp3) is 0.519. The molecule has 172 valence electrons. The van der Waals surface area contributed by atoms with Crippen molar-refractivity contribution in [2.75, 3.05) is 58.3 Å². The molecular formula is C27H38N4O. The molecule has 0 spiro atoms. The Balaban J connectivity index is 1.17. The van der Waals surface area contributed by atoms with E-state index in [1.165, 1.54) is 50.0 Å². The summed E-state index contributed by atoms with van der Waals surface area (Å²) in [5.41, 5.74) is 3.47. The number of hydrogen-bond acceptors (Lipinski definition) is 4. The van der Waals surface area contributed by atoms with Gasteiger partial charge in [0.15, 0.2) is 0 Å². The van der Waals surface area contributed by atoms with Gasteiger partial charge >= 0.3 is 0 Å².